The van der Waals surface area contributed by atoms with Gasteiger partial charge in [0.15, 0.2) is 0 Å². The van der Waals surface area contributed by atoms with Crippen LogP contribution in [0.25, 0.3) is 21.9 Å². The van der Waals surface area contributed by atoms with Crippen molar-refractivity contribution < 1.29 is 0 Å². The van der Waals surface area contributed by atoms with Gasteiger partial charge in [-0.15, -0.1) is 0 Å². The molecule has 0 aromatic carbocycles. The quantitative estimate of drug-likeness (QED) is 0.616. The van der Waals surface area contributed by atoms with Crippen LogP contribution in [0.4, 0.5) is 0 Å². The molecule has 0 aliphatic rings. The predicted molar refractivity (Wildman–Crippen MR) is 60.8 cm³/mol. The number of nitrogens with zero attached hydrogens (tertiary/aromatic N) is 3. The van der Waals surface area contributed by atoms with Crippen LogP contribution < -0.4 is 0 Å². The van der Waals surface area contributed by atoms with Crippen LogP contribution in [0.2, 0.25) is 0 Å². The van der Waals surface area contributed by atoms with Gasteiger partial charge in [-0.25, -0.2) is 9.97 Å². The fourth-order valence-electron chi connectivity index (χ4n) is 2.00. The number of rotatable bonds is 0. The van der Waals surface area contributed by atoms with Crippen LogP contribution in [0.5, 0.6) is 0 Å². The van der Waals surface area contributed by atoms with Crippen molar-refractivity contribution in [3.8, 4) is 6.07 Å². The highest BCUT2D eigenvalue weighted by molar-refractivity contribution is 6.07. The van der Waals surface area contributed by atoms with Gasteiger partial charge in [-0.3, -0.25) is 0 Å². The molecule has 0 aliphatic carbocycles. The lowest BCUT2D eigenvalue weighted by Crippen LogP contribution is -1.87. The van der Waals surface area contributed by atoms with Gasteiger partial charge in [0.25, 0.3) is 0 Å². The van der Waals surface area contributed by atoms with Gasteiger partial charge >= 0.3 is 0 Å². The molecular weight excluding hydrogens is 200 g/mol. The van der Waals surface area contributed by atoms with Gasteiger partial charge < -0.3 is 4.98 Å². The molecule has 0 unspecified atom stereocenters. The minimum atomic E-state index is 0.470. The first kappa shape index (κ1) is 8.86. The molecule has 3 rings (SSSR count). The van der Waals surface area contributed by atoms with Crippen LogP contribution in [0, 0.1) is 18.3 Å². The van der Waals surface area contributed by atoms with Crippen molar-refractivity contribution in [3.63, 3.8) is 0 Å². The van der Waals surface area contributed by atoms with Crippen LogP contribution in [-0.2, 0) is 0 Å². The number of aryl methyl sites for hydroxylation is 1. The Morgan fingerprint density at radius 1 is 1.38 bits per heavy atom. The fraction of sp³-hybridized carbons (Fsp3) is 0.0833. The molecule has 1 N–H and O–H groups in total. The van der Waals surface area contributed by atoms with Crippen molar-refractivity contribution in [1.82, 2.24) is 15.0 Å². The molecule has 16 heavy (non-hydrogen) atoms. The Bertz CT molecular complexity index is 734. The summed E-state index contributed by atoms with van der Waals surface area (Å²) < 4.78 is 0. The summed E-state index contributed by atoms with van der Waals surface area (Å²) in [6.45, 7) is 1.91. The van der Waals surface area contributed by atoms with Crippen molar-refractivity contribution in [2.45, 2.75) is 6.92 Å². The zero-order valence-corrected chi connectivity index (χ0v) is 8.65. The Kier molecular flexibility index (Phi) is 1.68. The lowest BCUT2D eigenvalue weighted by Gasteiger charge is -1.98. The summed E-state index contributed by atoms with van der Waals surface area (Å²) in [6.07, 6.45) is 3.42. The Labute approximate surface area is 91.6 Å². The molecule has 0 fully saturated rings. The predicted octanol–water partition coefficient (Wildman–Crippen LogP) is 2.29. The first-order valence-corrected chi connectivity index (χ1v) is 4.93. The lowest BCUT2D eigenvalue weighted by atomic mass is 10.1. The van der Waals surface area contributed by atoms with E-state index in [9.17, 15) is 0 Å². The number of aromatic amines is 1. The minimum Gasteiger partial charge on any atom is -0.338 e. The molecule has 0 spiro atoms. The summed E-state index contributed by atoms with van der Waals surface area (Å²) in [5, 5.41) is 11.0. The normalized spacial score (nSPS) is 10.8. The second-order valence-electron chi connectivity index (χ2n) is 3.66. The molecule has 0 radical (unpaired) electrons. The summed E-state index contributed by atoms with van der Waals surface area (Å²) in [5.41, 5.74) is 3.12. The second-order valence-corrected chi connectivity index (χ2v) is 3.66. The molecule has 0 aliphatic heterocycles. The average Bonchev–Trinajstić information content (AvgIpc) is 2.68. The van der Waals surface area contributed by atoms with Gasteiger partial charge in [-0.2, -0.15) is 5.26 Å². The number of nitriles is 1. The number of fused-ring (bicyclic) bond motifs is 3. The molecule has 3 aromatic heterocycles. The van der Waals surface area contributed by atoms with Gasteiger partial charge in [0.1, 0.15) is 17.4 Å². The number of aromatic nitrogens is 3. The average molecular weight is 208 g/mol. The smallest absolute Gasteiger partial charge is 0.144 e. The van der Waals surface area contributed by atoms with E-state index in [1.807, 2.05) is 19.1 Å². The highest BCUT2D eigenvalue weighted by Crippen LogP contribution is 2.27. The van der Waals surface area contributed by atoms with Gasteiger partial charge in [0, 0.05) is 17.0 Å². The number of H-pyrrole nitrogens is 1. The first-order chi connectivity index (χ1) is 7.81. The Morgan fingerprint density at radius 3 is 3.06 bits per heavy atom. The van der Waals surface area contributed by atoms with Crippen LogP contribution in [0.3, 0.4) is 0 Å². The highest BCUT2D eigenvalue weighted by Gasteiger charge is 2.10. The van der Waals surface area contributed by atoms with Crippen LogP contribution in [0.1, 0.15) is 11.3 Å². The van der Waals surface area contributed by atoms with E-state index < -0.39 is 0 Å². The molecule has 0 atom stereocenters. The third-order valence-corrected chi connectivity index (χ3v) is 2.76. The molecule has 0 amide bonds. The molecule has 4 nitrogen and oxygen atoms in total. The van der Waals surface area contributed by atoms with Crippen molar-refractivity contribution in [2.75, 3.05) is 0 Å². The largest absolute Gasteiger partial charge is 0.338 e. The monoisotopic (exact) mass is 208 g/mol. The Hall–Kier alpha value is -2.41. The third-order valence-electron chi connectivity index (χ3n) is 2.76. The second kappa shape index (κ2) is 3.04. The Balaban J connectivity index is 2.59. The minimum absolute atomic E-state index is 0.470. The molecule has 4 heteroatoms. The molecule has 3 aromatic rings. The molecule has 0 bridgehead atoms. The standard InChI is InChI=1S/C12H8N4/c1-7-9(5-13)15-6-10-11(7)8-3-2-4-14-12(8)16-10/h2-4,6H,1H3,(H,14,16). The third kappa shape index (κ3) is 1.03. The maximum absolute atomic E-state index is 8.95. The van der Waals surface area contributed by atoms with Gasteiger partial charge in [0.2, 0.25) is 0 Å². The number of nitrogens with one attached hydrogen (secondary N) is 1. The topological polar surface area (TPSA) is 65.4 Å². The number of hydrogen-bond acceptors (Lipinski definition) is 3. The maximum Gasteiger partial charge on any atom is 0.144 e. The zero-order chi connectivity index (χ0) is 11.1. The molecule has 0 saturated carbocycles. The van der Waals surface area contributed by atoms with Gasteiger partial charge in [-0.05, 0) is 24.6 Å². The van der Waals surface area contributed by atoms with E-state index in [1.54, 1.807) is 12.4 Å². The van der Waals surface area contributed by atoms with Gasteiger partial charge in [0.05, 0.1) is 11.7 Å². The van der Waals surface area contributed by atoms with Gasteiger partial charge in [-0.1, -0.05) is 0 Å². The zero-order valence-electron chi connectivity index (χ0n) is 8.65. The van der Waals surface area contributed by atoms with E-state index >= 15 is 0 Å². The van der Waals surface area contributed by atoms with Crippen molar-refractivity contribution in [3.05, 3.63) is 35.8 Å². The van der Waals surface area contributed by atoms with Crippen LogP contribution in [0.15, 0.2) is 24.5 Å². The fourth-order valence-corrected chi connectivity index (χ4v) is 2.00. The molecule has 3 heterocycles. The molecule has 0 saturated heterocycles. The number of pyridine rings is 2. The van der Waals surface area contributed by atoms with E-state index in [0.717, 1.165) is 27.5 Å². The van der Waals surface area contributed by atoms with E-state index in [-0.39, 0.29) is 0 Å². The summed E-state index contributed by atoms with van der Waals surface area (Å²) >= 11 is 0. The van der Waals surface area contributed by atoms with E-state index in [1.165, 1.54) is 0 Å². The molecule has 76 valence electrons. The van der Waals surface area contributed by atoms with E-state index in [4.69, 9.17) is 5.26 Å². The summed E-state index contributed by atoms with van der Waals surface area (Å²) in [4.78, 5) is 11.5. The van der Waals surface area contributed by atoms with E-state index in [2.05, 4.69) is 21.0 Å². The lowest BCUT2D eigenvalue weighted by molar-refractivity contribution is 1.23. The summed E-state index contributed by atoms with van der Waals surface area (Å²) in [5.74, 6) is 0. The van der Waals surface area contributed by atoms with Crippen LogP contribution >= 0.6 is 0 Å². The van der Waals surface area contributed by atoms with E-state index in [0.29, 0.717) is 5.69 Å². The molecular formula is C12H8N4. The SMILES string of the molecule is Cc1c(C#N)ncc2[nH]c3ncccc3c12. The number of hydrogen-bond donors (Lipinski definition) is 1. The van der Waals surface area contributed by atoms with Crippen molar-refractivity contribution in [1.29, 1.82) is 5.26 Å². The summed E-state index contributed by atoms with van der Waals surface area (Å²) in [6, 6.07) is 5.98. The van der Waals surface area contributed by atoms with Crippen molar-refractivity contribution >= 4 is 21.9 Å². The Morgan fingerprint density at radius 2 is 2.25 bits per heavy atom. The van der Waals surface area contributed by atoms with Crippen LogP contribution in [-0.4, -0.2) is 15.0 Å². The summed E-state index contributed by atoms with van der Waals surface area (Å²) in [7, 11) is 0. The highest BCUT2D eigenvalue weighted by atomic mass is 14.9. The van der Waals surface area contributed by atoms with Crippen molar-refractivity contribution in [2.24, 2.45) is 0 Å². The first-order valence-electron chi connectivity index (χ1n) is 4.93. The maximum atomic E-state index is 8.95.